The topological polar surface area (TPSA) is 98.5 Å². The summed E-state index contributed by atoms with van der Waals surface area (Å²) in [4.78, 5) is 37.4. The Hall–Kier alpha value is -3.46. The number of amides is 2. The third-order valence-electron chi connectivity index (χ3n) is 3.97. The van der Waals surface area contributed by atoms with E-state index in [1.807, 2.05) is 6.07 Å². The van der Waals surface area contributed by atoms with Gasteiger partial charge in [0.15, 0.2) is 0 Å². The lowest BCUT2D eigenvalue weighted by Crippen LogP contribution is -2.46. The number of carbonyl (C=O) groups excluding carboxylic acids is 2. The van der Waals surface area contributed by atoms with E-state index in [1.54, 1.807) is 36.4 Å². The minimum Gasteiger partial charge on any atom is -0.480 e. The van der Waals surface area contributed by atoms with Crippen molar-refractivity contribution in [2.75, 3.05) is 0 Å². The highest BCUT2D eigenvalue weighted by Gasteiger charge is 2.42. The van der Waals surface area contributed by atoms with E-state index in [0.29, 0.717) is 11.1 Å². The summed E-state index contributed by atoms with van der Waals surface area (Å²) in [5.41, 5.74) is 1.19. The second-order valence-corrected chi connectivity index (χ2v) is 5.35. The van der Waals surface area contributed by atoms with Gasteiger partial charge in [-0.25, -0.2) is 4.79 Å². The van der Waals surface area contributed by atoms with Crippen molar-refractivity contribution in [3.8, 4) is 6.07 Å². The van der Waals surface area contributed by atoms with E-state index < -0.39 is 23.8 Å². The van der Waals surface area contributed by atoms with Crippen LogP contribution < -0.4 is 0 Å². The second-order valence-electron chi connectivity index (χ2n) is 5.35. The fraction of sp³-hybridized carbons (Fsp3) is 0.111. The minimum absolute atomic E-state index is 0.121. The van der Waals surface area contributed by atoms with Gasteiger partial charge in [-0.3, -0.25) is 14.5 Å². The van der Waals surface area contributed by atoms with E-state index in [9.17, 15) is 19.5 Å². The molecule has 1 heterocycles. The Bertz CT molecular complexity index is 863. The van der Waals surface area contributed by atoms with Gasteiger partial charge in [0.25, 0.3) is 11.8 Å². The largest absolute Gasteiger partial charge is 0.480 e. The highest BCUT2D eigenvalue weighted by atomic mass is 16.4. The fourth-order valence-corrected chi connectivity index (χ4v) is 2.80. The normalized spacial score (nSPS) is 14.2. The molecule has 3 rings (SSSR count). The third kappa shape index (κ3) is 2.42. The van der Waals surface area contributed by atoms with Crippen LogP contribution in [0.3, 0.4) is 0 Å². The van der Waals surface area contributed by atoms with Crippen molar-refractivity contribution in [3.63, 3.8) is 0 Å². The van der Waals surface area contributed by atoms with E-state index in [1.165, 1.54) is 12.1 Å². The van der Waals surface area contributed by atoms with E-state index in [4.69, 9.17) is 5.26 Å². The summed E-state index contributed by atoms with van der Waals surface area (Å²) in [6.45, 7) is 0. The molecule has 0 spiro atoms. The predicted octanol–water partition coefficient (Wildman–Crippen LogP) is 1.85. The first-order chi connectivity index (χ1) is 11.5. The number of rotatable bonds is 4. The molecule has 118 valence electrons. The minimum atomic E-state index is -1.37. The van der Waals surface area contributed by atoms with Gasteiger partial charge in [-0.2, -0.15) is 5.26 Å². The number of aliphatic carboxylic acids is 1. The average Bonchev–Trinajstić information content (AvgIpc) is 2.84. The molecule has 2 amide bonds. The number of imide groups is 1. The summed E-state index contributed by atoms with van der Waals surface area (Å²) in [5.74, 6) is -2.55. The highest BCUT2D eigenvalue weighted by molar-refractivity contribution is 6.22. The molecule has 1 aliphatic rings. The number of hydrogen-bond acceptors (Lipinski definition) is 4. The van der Waals surface area contributed by atoms with Gasteiger partial charge < -0.3 is 5.11 Å². The van der Waals surface area contributed by atoms with Crippen LogP contribution >= 0.6 is 0 Å². The summed E-state index contributed by atoms with van der Waals surface area (Å²) >= 11 is 0. The molecular weight excluding hydrogens is 308 g/mol. The van der Waals surface area contributed by atoms with Crippen molar-refractivity contribution in [2.24, 2.45) is 0 Å². The van der Waals surface area contributed by atoms with Gasteiger partial charge in [0.1, 0.15) is 6.04 Å². The zero-order valence-electron chi connectivity index (χ0n) is 12.5. The molecule has 6 nitrogen and oxygen atoms in total. The van der Waals surface area contributed by atoms with Gasteiger partial charge >= 0.3 is 5.97 Å². The molecule has 0 aliphatic carbocycles. The van der Waals surface area contributed by atoms with E-state index in [0.717, 1.165) is 4.90 Å². The van der Waals surface area contributed by atoms with Crippen LogP contribution in [0.4, 0.5) is 0 Å². The lowest BCUT2D eigenvalue weighted by Gasteiger charge is -2.22. The molecule has 0 fully saturated rings. The summed E-state index contributed by atoms with van der Waals surface area (Å²) in [5, 5.41) is 18.7. The second kappa shape index (κ2) is 5.97. The van der Waals surface area contributed by atoms with Gasteiger partial charge in [0.2, 0.25) is 0 Å². The predicted molar refractivity (Wildman–Crippen MR) is 83.2 cm³/mol. The number of nitrogens with zero attached hydrogens (tertiary/aromatic N) is 2. The first kappa shape index (κ1) is 15.4. The Labute approximate surface area is 137 Å². The molecule has 0 aromatic heterocycles. The molecule has 2 aromatic rings. The molecule has 1 aliphatic heterocycles. The van der Waals surface area contributed by atoms with Gasteiger partial charge in [0, 0.05) is 6.42 Å². The van der Waals surface area contributed by atoms with Gasteiger partial charge in [0.05, 0.1) is 22.8 Å². The van der Waals surface area contributed by atoms with Crippen molar-refractivity contribution < 1.29 is 19.5 Å². The van der Waals surface area contributed by atoms with Crippen LogP contribution in [-0.2, 0) is 11.2 Å². The van der Waals surface area contributed by atoms with Crippen molar-refractivity contribution in [3.05, 3.63) is 70.8 Å². The molecule has 0 bridgehead atoms. The first-order valence-electron chi connectivity index (χ1n) is 7.22. The molecule has 6 heteroatoms. The molecule has 2 aromatic carbocycles. The molecule has 24 heavy (non-hydrogen) atoms. The van der Waals surface area contributed by atoms with Crippen LogP contribution in [0.5, 0.6) is 0 Å². The number of carboxylic acid groups (broad SMARTS) is 1. The average molecular weight is 320 g/mol. The van der Waals surface area contributed by atoms with Crippen LogP contribution in [0.15, 0.2) is 48.5 Å². The number of carbonyl (C=O) groups is 3. The molecular formula is C18H12N2O4. The Morgan fingerprint density at radius 1 is 1.04 bits per heavy atom. The summed E-state index contributed by atoms with van der Waals surface area (Å²) in [6.07, 6.45) is -0.121. The molecule has 1 N–H and O–H groups in total. The quantitative estimate of drug-likeness (QED) is 0.867. The smallest absolute Gasteiger partial charge is 0.327 e. The highest BCUT2D eigenvalue weighted by Crippen LogP contribution is 2.26. The molecule has 0 unspecified atom stereocenters. The Morgan fingerprint density at radius 3 is 2.12 bits per heavy atom. The first-order valence-corrected chi connectivity index (χ1v) is 7.22. The van der Waals surface area contributed by atoms with Crippen molar-refractivity contribution in [2.45, 2.75) is 12.5 Å². The molecule has 1 atom stereocenters. The number of fused-ring (bicyclic) bond motifs is 1. The fourth-order valence-electron chi connectivity index (χ4n) is 2.80. The number of carboxylic acids is 1. The zero-order chi connectivity index (χ0) is 17.3. The third-order valence-corrected chi connectivity index (χ3v) is 3.97. The molecule has 0 saturated heterocycles. The van der Waals surface area contributed by atoms with E-state index >= 15 is 0 Å². The van der Waals surface area contributed by atoms with Crippen molar-refractivity contribution >= 4 is 17.8 Å². The summed E-state index contributed by atoms with van der Waals surface area (Å²) in [6, 6.07) is 13.4. The number of nitriles is 1. The number of hydrogen-bond donors (Lipinski definition) is 1. The molecule has 0 saturated carbocycles. The monoisotopic (exact) mass is 320 g/mol. The Balaban J connectivity index is 1.99. The van der Waals surface area contributed by atoms with E-state index in [2.05, 4.69) is 0 Å². The van der Waals surface area contributed by atoms with E-state index in [-0.39, 0.29) is 17.5 Å². The number of benzene rings is 2. The van der Waals surface area contributed by atoms with Crippen LogP contribution in [0.25, 0.3) is 0 Å². The maximum atomic E-state index is 12.5. The van der Waals surface area contributed by atoms with Gasteiger partial charge in [-0.1, -0.05) is 30.3 Å². The van der Waals surface area contributed by atoms with Crippen LogP contribution in [0.1, 0.15) is 31.8 Å². The standard InChI is InChI=1S/C18H12N2O4/c19-10-12-6-2-1-5-11(12)9-15(18(23)24)20-16(21)13-7-3-4-8-14(13)17(20)22/h1-8,15H,9H2,(H,23,24)/t15-/m0/s1. The summed E-state index contributed by atoms with van der Waals surface area (Å²) in [7, 11) is 0. The van der Waals surface area contributed by atoms with Crippen LogP contribution in [-0.4, -0.2) is 33.8 Å². The van der Waals surface area contributed by atoms with Crippen molar-refractivity contribution in [1.82, 2.24) is 4.90 Å². The molecule has 0 radical (unpaired) electrons. The Kier molecular flexibility index (Phi) is 3.84. The SMILES string of the molecule is N#Cc1ccccc1C[C@@H](C(=O)O)N1C(=O)c2ccccc2C1=O. The summed E-state index contributed by atoms with van der Waals surface area (Å²) < 4.78 is 0. The Morgan fingerprint density at radius 2 is 1.58 bits per heavy atom. The van der Waals surface area contributed by atoms with Gasteiger partial charge in [-0.15, -0.1) is 0 Å². The maximum absolute atomic E-state index is 12.5. The van der Waals surface area contributed by atoms with Crippen LogP contribution in [0, 0.1) is 11.3 Å². The lowest BCUT2D eigenvalue weighted by molar-refractivity contribution is -0.141. The van der Waals surface area contributed by atoms with Gasteiger partial charge in [-0.05, 0) is 23.8 Å². The lowest BCUT2D eigenvalue weighted by atomic mass is 10.00. The van der Waals surface area contributed by atoms with Crippen LogP contribution in [0.2, 0.25) is 0 Å². The van der Waals surface area contributed by atoms with Crippen molar-refractivity contribution in [1.29, 1.82) is 5.26 Å². The maximum Gasteiger partial charge on any atom is 0.327 e. The zero-order valence-corrected chi connectivity index (χ0v) is 12.5.